The molecule has 0 spiro atoms. The number of nitrogens with zero attached hydrogens (tertiary/aromatic N) is 2. The zero-order valence-electron chi connectivity index (χ0n) is 14.5. The van der Waals surface area contributed by atoms with Gasteiger partial charge < -0.3 is 15.4 Å². The lowest BCUT2D eigenvalue weighted by Gasteiger charge is -2.12. The highest BCUT2D eigenvalue weighted by Gasteiger charge is 2.28. The number of benzene rings is 1. The lowest BCUT2D eigenvalue weighted by Crippen LogP contribution is -2.37. The van der Waals surface area contributed by atoms with E-state index in [0.717, 1.165) is 11.3 Å². The molecule has 2 heterocycles. The maximum atomic E-state index is 12.9. The molecule has 8 heteroatoms. The average Bonchev–Trinajstić information content (AvgIpc) is 3.17. The average molecular weight is 360 g/mol. The van der Waals surface area contributed by atoms with Crippen LogP contribution in [0.3, 0.4) is 0 Å². The number of carbonyl (C=O) groups is 2. The molecule has 1 aliphatic heterocycles. The quantitative estimate of drug-likeness (QED) is 0.711. The molecule has 138 valence electrons. The van der Waals surface area contributed by atoms with Gasteiger partial charge in [0.2, 0.25) is 5.91 Å². The van der Waals surface area contributed by atoms with E-state index in [4.69, 9.17) is 4.74 Å². The zero-order chi connectivity index (χ0) is 18.5. The summed E-state index contributed by atoms with van der Waals surface area (Å²) in [4.78, 5) is 24.4. The third kappa shape index (κ3) is 4.26. The second kappa shape index (κ2) is 8.09. The van der Waals surface area contributed by atoms with Gasteiger partial charge in [-0.25, -0.2) is 4.39 Å². The molecule has 0 aliphatic carbocycles. The van der Waals surface area contributed by atoms with E-state index in [1.165, 1.54) is 12.1 Å². The minimum absolute atomic E-state index is 0.114. The summed E-state index contributed by atoms with van der Waals surface area (Å²) in [6, 6.07) is 5.75. The lowest BCUT2D eigenvalue weighted by atomic mass is 10.1. The van der Waals surface area contributed by atoms with Crippen molar-refractivity contribution in [2.24, 2.45) is 0 Å². The van der Waals surface area contributed by atoms with Crippen LogP contribution in [0.5, 0.6) is 0 Å². The summed E-state index contributed by atoms with van der Waals surface area (Å²) >= 11 is 0. The summed E-state index contributed by atoms with van der Waals surface area (Å²) in [7, 11) is 1.57. The summed E-state index contributed by atoms with van der Waals surface area (Å²) < 4.78 is 19.6. The van der Waals surface area contributed by atoms with Crippen molar-refractivity contribution in [1.29, 1.82) is 0 Å². The van der Waals surface area contributed by atoms with Crippen LogP contribution < -0.4 is 10.6 Å². The Morgan fingerprint density at radius 2 is 2.12 bits per heavy atom. The van der Waals surface area contributed by atoms with E-state index in [0.29, 0.717) is 31.7 Å². The number of rotatable bonds is 7. The van der Waals surface area contributed by atoms with Crippen molar-refractivity contribution in [1.82, 2.24) is 20.4 Å². The van der Waals surface area contributed by atoms with Crippen molar-refractivity contribution < 1.29 is 18.7 Å². The fourth-order valence-electron chi connectivity index (χ4n) is 3.00. The highest BCUT2D eigenvalue weighted by molar-refractivity contribution is 5.95. The van der Waals surface area contributed by atoms with E-state index >= 15 is 0 Å². The number of methoxy groups -OCH3 is 1. The van der Waals surface area contributed by atoms with E-state index in [2.05, 4.69) is 15.7 Å². The predicted molar refractivity (Wildman–Crippen MR) is 92.2 cm³/mol. The highest BCUT2D eigenvalue weighted by atomic mass is 19.1. The van der Waals surface area contributed by atoms with Gasteiger partial charge >= 0.3 is 0 Å². The van der Waals surface area contributed by atoms with Crippen LogP contribution in [-0.2, 0) is 28.9 Å². The molecular weight excluding hydrogens is 339 g/mol. The van der Waals surface area contributed by atoms with Crippen molar-refractivity contribution >= 4 is 11.8 Å². The second-order valence-corrected chi connectivity index (χ2v) is 6.21. The van der Waals surface area contributed by atoms with Crippen molar-refractivity contribution in [3.05, 3.63) is 53.1 Å². The van der Waals surface area contributed by atoms with Crippen LogP contribution in [0.1, 0.15) is 21.6 Å². The van der Waals surface area contributed by atoms with Crippen LogP contribution in [0.2, 0.25) is 0 Å². The van der Waals surface area contributed by atoms with Crippen LogP contribution in [0.25, 0.3) is 0 Å². The van der Waals surface area contributed by atoms with Gasteiger partial charge in [-0.2, -0.15) is 5.10 Å². The number of carbonyl (C=O) groups excluding carboxylic acids is 2. The van der Waals surface area contributed by atoms with E-state index in [1.54, 1.807) is 30.1 Å². The number of amides is 2. The van der Waals surface area contributed by atoms with Crippen LogP contribution >= 0.6 is 0 Å². The van der Waals surface area contributed by atoms with Crippen molar-refractivity contribution in [2.75, 3.05) is 20.3 Å². The lowest BCUT2D eigenvalue weighted by molar-refractivity contribution is -0.121. The molecule has 1 unspecified atom stereocenters. The summed E-state index contributed by atoms with van der Waals surface area (Å²) in [5, 5.41) is 9.95. The largest absolute Gasteiger partial charge is 0.383 e. The SMILES string of the molecule is COCCNC(=O)c1cnn2c1CC(NC(=O)Cc1ccc(F)cc1)C2. The van der Waals surface area contributed by atoms with Crippen LogP contribution in [0, 0.1) is 5.82 Å². The maximum absolute atomic E-state index is 12.9. The molecule has 0 fully saturated rings. The molecule has 0 bridgehead atoms. The Hall–Kier alpha value is -2.74. The van der Waals surface area contributed by atoms with Gasteiger partial charge in [0.05, 0.1) is 43.1 Å². The van der Waals surface area contributed by atoms with Crippen LogP contribution in [0.4, 0.5) is 4.39 Å². The van der Waals surface area contributed by atoms with Gasteiger partial charge in [0.15, 0.2) is 0 Å². The number of hydrogen-bond acceptors (Lipinski definition) is 4. The molecule has 26 heavy (non-hydrogen) atoms. The summed E-state index contributed by atoms with van der Waals surface area (Å²) in [6.07, 6.45) is 2.28. The summed E-state index contributed by atoms with van der Waals surface area (Å²) in [6.45, 7) is 1.39. The molecule has 0 saturated heterocycles. The molecule has 1 aromatic heterocycles. The van der Waals surface area contributed by atoms with Crippen LogP contribution in [-0.4, -0.2) is 47.9 Å². The first-order chi connectivity index (χ1) is 12.6. The first-order valence-electron chi connectivity index (χ1n) is 8.42. The van der Waals surface area contributed by atoms with Gasteiger partial charge in [-0.05, 0) is 17.7 Å². The molecule has 1 aliphatic rings. The van der Waals surface area contributed by atoms with Crippen molar-refractivity contribution in [3.63, 3.8) is 0 Å². The fourth-order valence-corrected chi connectivity index (χ4v) is 3.00. The number of halogens is 1. The molecule has 2 N–H and O–H groups in total. The molecule has 0 radical (unpaired) electrons. The number of hydrogen-bond donors (Lipinski definition) is 2. The van der Waals surface area contributed by atoms with Gasteiger partial charge in [-0.3, -0.25) is 14.3 Å². The van der Waals surface area contributed by atoms with Gasteiger partial charge in [-0.1, -0.05) is 12.1 Å². The van der Waals surface area contributed by atoms with E-state index in [-0.39, 0.29) is 30.1 Å². The maximum Gasteiger partial charge on any atom is 0.254 e. The molecule has 0 saturated carbocycles. The number of nitrogens with one attached hydrogen (secondary N) is 2. The van der Waals surface area contributed by atoms with Gasteiger partial charge in [0, 0.05) is 20.1 Å². The Bertz CT molecular complexity index is 788. The Morgan fingerprint density at radius 1 is 1.35 bits per heavy atom. The van der Waals surface area contributed by atoms with Gasteiger partial charge in [0.25, 0.3) is 5.91 Å². The molecule has 2 aromatic rings. The topological polar surface area (TPSA) is 85.2 Å². The minimum atomic E-state index is -0.327. The van der Waals surface area contributed by atoms with E-state index in [1.807, 2.05) is 0 Å². The smallest absolute Gasteiger partial charge is 0.254 e. The zero-order valence-corrected chi connectivity index (χ0v) is 14.5. The Kier molecular flexibility index (Phi) is 5.62. The Morgan fingerprint density at radius 3 is 2.85 bits per heavy atom. The standard InChI is InChI=1S/C18H21FN4O3/c1-26-7-6-20-18(25)15-10-21-23-11-14(9-16(15)23)22-17(24)8-12-2-4-13(19)5-3-12/h2-5,10,14H,6-9,11H2,1H3,(H,20,25)(H,22,24). The Labute approximate surface area is 150 Å². The monoisotopic (exact) mass is 360 g/mol. The van der Waals surface area contributed by atoms with Crippen LogP contribution in [0.15, 0.2) is 30.5 Å². The van der Waals surface area contributed by atoms with Gasteiger partial charge in [0.1, 0.15) is 5.82 Å². The third-order valence-corrected chi connectivity index (χ3v) is 4.26. The van der Waals surface area contributed by atoms with Crippen molar-refractivity contribution in [3.8, 4) is 0 Å². The number of aromatic nitrogens is 2. The number of fused-ring (bicyclic) bond motifs is 1. The molecule has 3 rings (SSSR count). The highest BCUT2D eigenvalue weighted by Crippen LogP contribution is 2.19. The third-order valence-electron chi connectivity index (χ3n) is 4.26. The first-order valence-corrected chi connectivity index (χ1v) is 8.42. The van der Waals surface area contributed by atoms with E-state index in [9.17, 15) is 14.0 Å². The fraction of sp³-hybridized carbons (Fsp3) is 0.389. The predicted octanol–water partition coefficient (Wildman–Crippen LogP) is 0.682. The first kappa shape index (κ1) is 18.1. The second-order valence-electron chi connectivity index (χ2n) is 6.21. The summed E-state index contributed by atoms with van der Waals surface area (Å²) in [5.74, 6) is -0.660. The molecule has 7 nitrogen and oxygen atoms in total. The molecule has 1 aromatic carbocycles. The van der Waals surface area contributed by atoms with E-state index < -0.39 is 0 Å². The normalized spacial score (nSPS) is 15.5. The number of ether oxygens (including phenoxy) is 1. The van der Waals surface area contributed by atoms with Crippen molar-refractivity contribution in [2.45, 2.75) is 25.4 Å². The Balaban J connectivity index is 1.54. The minimum Gasteiger partial charge on any atom is -0.383 e. The molecule has 1 atom stereocenters. The van der Waals surface area contributed by atoms with Gasteiger partial charge in [-0.15, -0.1) is 0 Å². The molecule has 2 amide bonds. The summed E-state index contributed by atoms with van der Waals surface area (Å²) in [5.41, 5.74) is 2.08. The molecular formula is C18H21FN4O3.